The third-order valence-electron chi connectivity index (χ3n) is 1.74. The summed E-state index contributed by atoms with van der Waals surface area (Å²) in [5.74, 6) is 1.88. The lowest BCUT2D eigenvalue weighted by molar-refractivity contribution is 0.462. The summed E-state index contributed by atoms with van der Waals surface area (Å²) in [6, 6.07) is 1.61. The van der Waals surface area contributed by atoms with Crippen LogP contribution in [0, 0.1) is 0 Å². The molecular weight excluding hydrogens is 235 g/mol. The molecule has 1 aromatic rings. The topological polar surface area (TPSA) is 33.2 Å². The van der Waals surface area contributed by atoms with E-state index in [0.717, 1.165) is 0 Å². The molecule has 1 heterocycles. The van der Waals surface area contributed by atoms with Gasteiger partial charge in [0.05, 0.1) is 10.6 Å². The van der Waals surface area contributed by atoms with E-state index in [-0.39, 0.29) is 5.15 Å². The minimum atomic E-state index is 0.232. The van der Waals surface area contributed by atoms with Crippen LogP contribution in [0.4, 0.5) is 0 Å². The molecular formula is C10H10Cl2N2O. The number of likely N-dealkylation sites (N-methyl/N-ethyl adjacent to an activating group) is 1. The van der Waals surface area contributed by atoms with Crippen LogP contribution in [0.25, 0.3) is 5.57 Å². The summed E-state index contributed by atoms with van der Waals surface area (Å²) >= 11 is 11.5. The maximum Gasteiger partial charge on any atom is 0.147 e. The van der Waals surface area contributed by atoms with Crippen LogP contribution in [0.15, 0.2) is 12.3 Å². The lowest BCUT2D eigenvalue weighted by Crippen LogP contribution is -2.15. The number of aromatic nitrogens is 1. The molecule has 1 aromatic heterocycles. The number of nitrogens with zero attached hydrogens (tertiary/aromatic N) is 2. The Hall–Kier alpha value is -0.860. The molecule has 0 N–H and O–H groups in total. The van der Waals surface area contributed by atoms with E-state index in [4.69, 9.17) is 23.2 Å². The van der Waals surface area contributed by atoms with Gasteiger partial charge in [-0.25, -0.2) is 9.78 Å². The summed E-state index contributed by atoms with van der Waals surface area (Å²) in [7, 11) is 3.73. The van der Waals surface area contributed by atoms with Crippen molar-refractivity contribution in [3.05, 3.63) is 28.0 Å². The van der Waals surface area contributed by atoms with Crippen LogP contribution >= 0.6 is 23.2 Å². The van der Waals surface area contributed by atoms with E-state index in [1.54, 1.807) is 6.07 Å². The highest BCUT2D eigenvalue weighted by atomic mass is 35.5. The van der Waals surface area contributed by atoms with E-state index in [2.05, 4.69) is 4.98 Å². The van der Waals surface area contributed by atoms with Gasteiger partial charge in [0.2, 0.25) is 0 Å². The quantitative estimate of drug-likeness (QED) is 0.604. The maximum absolute atomic E-state index is 10.7. The maximum atomic E-state index is 10.7. The standard InChI is InChI=1S/C10H10Cl2N2O/c1-14(2)5-8(6-15)7-3-9(11)10(12)13-4-7/h3-4H,5H2,1-2H3. The SMILES string of the molecule is CN(C)CC(=C=O)c1cnc(Cl)c(Cl)c1. The van der Waals surface area contributed by atoms with E-state index in [9.17, 15) is 4.79 Å². The Morgan fingerprint density at radius 3 is 2.67 bits per heavy atom. The molecule has 0 saturated heterocycles. The minimum Gasteiger partial charge on any atom is -0.304 e. The Morgan fingerprint density at radius 2 is 2.20 bits per heavy atom. The first kappa shape index (κ1) is 12.2. The molecule has 0 unspecified atom stereocenters. The highest BCUT2D eigenvalue weighted by Gasteiger charge is 2.07. The van der Waals surface area contributed by atoms with Gasteiger partial charge >= 0.3 is 0 Å². The second-order valence-electron chi connectivity index (χ2n) is 3.32. The van der Waals surface area contributed by atoms with Crippen molar-refractivity contribution >= 4 is 34.7 Å². The molecule has 0 fully saturated rings. The lowest BCUT2D eigenvalue weighted by atomic mass is 10.1. The zero-order valence-corrected chi connectivity index (χ0v) is 9.93. The van der Waals surface area contributed by atoms with Crippen molar-refractivity contribution in [3.8, 4) is 0 Å². The van der Waals surface area contributed by atoms with Crippen LogP contribution in [0.1, 0.15) is 5.56 Å². The zero-order chi connectivity index (χ0) is 11.4. The highest BCUT2D eigenvalue weighted by Crippen LogP contribution is 2.22. The molecule has 0 radical (unpaired) electrons. The van der Waals surface area contributed by atoms with Gasteiger partial charge in [0.1, 0.15) is 11.1 Å². The van der Waals surface area contributed by atoms with Gasteiger partial charge in [0, 0.05) is 18.3 Å². The normalized spacial score (nSPS) is 10.2. The van der Waals surface area contributed by atoms with Crippen molar-refractivity contribution in [1.82, 2.24) is 9.88 Å². The first-order chi connectivity index (χ1) is 7.04. The predicted octanol–water partition coefficient (Wildman–Crippen LogP) is 2.17. The first-order valence-corrected chi connectivity index (χ1v) is 5.00. The summed E-state index contributed by atoms with van der Waals surface area (Å²) in [6.07, 6.45) is 1.51. The fourth-order valence-electron chi connectivity index (χ4n) is 1.08. The van der Waals surface area contributed by atoms with Crippen molar-refractivity contribution in [3.63, 3.8) is 0 Å². The Bertz CT molecular complexity index is 412. The van der Waals surface area contributed by atoms with Crippen LogP contribution in [-0.4, -0.2) is 36.5 Å². The molecule has 0 aliphatic carbocycles. The van der Waals surface area contributed by atoms with E-state index in [0.29, 0.717) is 22.7 Å². The molecule has 0 aliphatic heterocycles. The average Bonchev–Trinajstić information content (AvgIpc) is 2.18. The fraction of sp³-hybridized carbons (Fsp3) is 0.300. The van der Waals surface area contributed by atoms with E-state index < -0.39 is 0 Å². The van der Waals surface area contributed by atoms with Gasteiger partial charge < -0.3 is 4.90 Å². The zero-order valence-electron chi connectivity index (χ0n) is 8.42. The summed E-state index contributed by atoms with van der Waals surface area (Å²) in [4.78, 5) is 16.5. The van der Waals surface area contributed by atoms with Crippen LogP contribution in [-0.2, 0) is 4.79 Å². The third-order valence-corrected chi connectivity index (χ3v) is 2.43. The molecule has 0 bridgehead atoms. The molecule has 1 rings (SSSR count). The number of hydrogen-bond donors (Lipinski definition) is 0. The Kier molecular flexibility index (Phi) is 4.30. The molecule has 0 amide bonds. The van der Waals surface area contributed by atoms with Gasteiger partial charge in [-0.2, -0.15) is 0 Å². The number of rotatable bonds is 3. The average molecular weight is 245 g/mol. The van der Waals surface area contributed by atoms with Gasteiger partial charge in [-0.05, 0) is 20.2 Å². The fourth-order valence-corrected chi connectivity index (χ4v) is 1.35. The van der Waals surface area contributed by atoms with Crippen LogP contribution in [0.5, 0.6) is 0 Å². The van der Waals surface area contributed by atoms with Gasteiger partial charge in [0.25, 0.3) is 0 Å². The second-order valence-corrected chi connectivity index (χ2v) is 4.08. The van der Waals surface area contributed by atoms with Crippen LogP contribution in [0.3, 0.4) is 0 Å². The van der Waals surface area contributed by atoms with Gasteiger partial charge in [-0.1, -0.05) is 23.2 Å². The highest BCUT2D eigenvalue weighted by molar-refractivity contribution is 6.41. The van der Waals surface area contributed by atoms with Crippen molar-refractivity contribution < 1.29 is 4.79 Å². The molecule has 80 valence electrons. The molecule has 0 atom stereocenters. The molecule has 0 saturated carbocycles. The van der Waals surface area contributed by atoms with E-state index in [1.165, 1.54) is 6.20 Å². The van der Waals surface area contributed by atoms with Gasteiger partial charge in [-0.3, -0.25) is 0 Å². The van der Waals surface area contributed by atoms with Crippen LogP contribution in [0.2, 0.25) is 10.2 Å². The van der Waals surface area contributed by atoms with Gasteiger partial charge in [-0.15, -0.1) is 0 Å². The smallest absolute Gasteiger partial charge is 0.147 e. The Morgan fingerprint density at radius 1 is 1.53 bits per heavy atom. The minimum absolute atomic E-state index is 0.232. The Balaban J connectivity index is 3.04. The van der Waals surface area contributed by atoms with Crippen LogP contribution < -0.4 is 0 Å². The van der Waals surface area contributed by atoms with E-state index >= 15 is 0 Å². The summed E-state index contributed by atoms with van der Waals surface area (Å²) < 4.78 is 0. The molecule has 0 aromatic carbocycles. The number of pyridine rings is 1. The van der Waals surface area contributed by atoms with Gasteiger partial charge in [0.15, 0.2) is 0 Å². The molecule has 0 aliphatic rings. The summed E-state index contributed by atoms with van der Waals surface area (Å²) in [5.41, 5.74) is 1.15. The molecule has 5 heteroatoms. The number of hydrogen-bond acceptors (Lipinski definition) is 3. The molecule has 0 spiro atoms. The van der Waals surface area contributed by atoms with Crippen molar-refractivity contribution in [2.24, 2.45) is 0 Å². The van der Waals surface area contributed by atoms with Crippen molar-refractivity contribution in [1.29, 1.82) is 0 Å². The van der Waals surface area contributed by atoms with Crippen molar-refractivity contribution in [2.75, 3.05) is 20.6 Å². The summed E-state index contributed by atoms with van der Waals surface area (Å²) in [5, 5.41) is 0.566. The molecule has 3 nitrogen and oxygen atoms in total. The third kappa shape index (κ3) is 3.33. The number of halogens is 2. The van der Waals surface area contributed by atoms with Crippen molar-refractivity contribution in [2.45, 2.75) is 0 Å². The molecule has 15 heavy (non-hydrogen) atoms. The predicted molar refractivity (Wildman–Crippen MR) is 61.9 cm³/mol. The Labute approximate surface area is 98.3 Å². The monoisotopic (exact) mass is 244 g/mol. The lowest BCUT2D eigenvalue weighted by Gasteiger charge is -2.10. The summed E-state index contributed by atoms with van der Waals surface area (Å²) in [6.45, 7) is 0.489. The largest absolute Gasteiger partial charge is 0.304 e. The number of carbonyl (C=O) groups excluding carboxylic acids is 1. The first-order valence-electron chi connectivity index (χ1n) is 4.24. The van der Waals surface area contributed by atoms with E-state index in [1.807, 2.05) is 24.9 Å². The second kappa shape index (κ2) is 5.29.